The van der Waals surface area contributed by atoms with Crippen molar-refractivity contribution in [3.05, 3.63) is 83.2 Å². The number of thiophene rings is 1. The fourth-order valence-electron chi connectivity index (χ4n) is 3.80. The van der Waals surface area contributed by atoms with Crippen LogP contribution >= 0.6 is 22.7 Å². The number of hydrogen-bond acceptors (Lipinski definition) is 7. The van der Waals surface area contributed by atoms with Crippen LogP contribution in [0, 0.1) is 5.92 Å². The van der Waals surface area contributed by atoms with Crippen LogP contribution in [0.25, 0.3) is 6.08 Å². The van der Waals surface area contributed by atoms with E-state index in [2.05, 4.69) is 11.9 Å². The highest BCUT2D eigenvalue weighted by molar-refractivity contribution is 7.11. The number of carbonyl (C=O) groups excluding carboxylic acids is 1. The molecule has 8 heteroatoms. The van der Waals surface area contributed by atoms with Gasteiger partial charge in [-0.3, -0.25) is 9.36 Å². The van der Waals surface area contributed by atoms with E-state index in [9.17, 15) is 9.59 Å². The minimum atomic E-state index is -0.624. The van der Waals surface area contributed by atoms with Gasteiger partial charge in [0.2, 0.25) is 0 Å². The highest BCUT2D eigenvalue weighted by Gasteiger charge is 2.33. The van der Waals surface area contributed by atoms with E-state index in [0.717, 1.165) is 29.0 Å². The van der Waals surface area contributed by atoms with Crippen molar-refractivity contribution in [2.75, 3.05) is 13.2 Å². The van der Waals surface area contributed by atoms with Crippen molar-refractivity contribution in [1.29, 1.82) is 0 Å². The minimum absolute atomic E-state index is 0.169. The average molecular weight is 511 g/mol. The molecule has 1 aromatic carbocycles. The van der Waals surface area contributed by atoms with Crippen molar-refractivity contribution in [3.63, 3.8) is 0 Å². The fourth-order valence-corrected chi connectivity index (χ4v) is 5.57. The Bertz CT molecular complexity index is 1380. The van der Waals surface area contributed by atoms with Gasteiger partial charge in [0.1, 0.15) is 5.75 Å². The molecule has 0 fully saturated rings. The molecule has 6 nitrogen and oxygen atoms in total. The van der Waals surface area contributed by atoms with E-state index in [1.165, 1.54) is 11.3 Å². The highest BCUT2D eigenvalue weighted by atomic mass is 32.1. The molecule has 3 heterocycles. The SMILES string of the molecule is CCCCOc1ccc(C2C(C(=O)OCC(C)C)=C(C)N=c3s/c(=C\c4cccs4)c(=O)n32)cc1. The van der Waals surface area contributed by atoms with Gasteiger partial charge >= 0.3 is 5.97 Å². The first kappa shape index (κ1) is 25.1. The normalized spacial score (nSPS) is 15.8. The Hall–Kier alpha value is -2.97. The zero-order valence-electron chi connectivity index (χ0n) is 20.4. The van der Waals surface area contributed by atoms with Crippen molar-refractivity contribution in [3.8, 4) is 5.75 Å². The fraction of sp³-hybridized carbons (Fsp3) is 0.370. The number of rotatable bonds is 9. The van der Waals surface area contributed by atoms with Crippen LogP contribution in [0.1, 0.15) is 57.0 Å². The topological polar surface area (TPSA) is 69.9 Å². The Balaban J connectivity index is 1.80. The molecule has 1 unspecified atom stereocenters. The lowest BCUT2D eigenvalue weighted by Crippen LogP contribution is -2.40. The molecule has 1 atom stereocenters. The zero-order valence-corrected chi connectivity index (χ0v) is 22.1. The van der Waals surface area contributed by atoms with E-state index in [1.54, 1.807) is 22.8 Å². The summed E-state index contributed by atoms with van der Waals surface area (Å²) < 4.78 is 13.6. The Labute approximate surface area is 212 Å². The summed E-state index contributed by atoms with van der Waals surface area (Å²) in [5.41, 5.74) is 1.59. The molecule has 0 radical (unpaired) electrons. The number of hydrogen-bond donors (Lipinski definition) is 0. The Morgan fingerprint density at radius 2 is 2.00 bits per heavy atom. The standard InChI is InChI=1S/C27H30N2O4S2/c1-5-6-13-32-20-11-9-19(10-12-20)24-23(26(31)33-16-17(2)3)18(4)28-27-29(24)25(30)22(35-27)15-21-8-7-14-34-21/h7-12,14-15,17,24H,5-6,13,16H2,1-4H3/b22-15-. The summed E-state index contributed by atoms with van der Waals surface area (Å²) in [6.45, 7) is 8.85. The first-order chi connectivity index (χ1) is 16.9. The first-order valence-corrected chi connectivity index (χ1v) is 13.5. The summed E-state index contributed by atoms with van der Waals surface area (Å²) in [5, 5.41) is 1.98. The van der Waals surface area contributed by atoms with Gasteiger partial charge in [-0.2, -0.15) is 0 Å². The third-order valence-corrected chi connectivity index (χ3v) is 7.37. The summed E-state index contributed by atoms with van der Waals surface area (Å²) in [4.78, 5) is 33.0. The van der Waals surface area contributed by atoms with E-state index in [1.807, 2.05) is 61.7 Å². The Morgan fingerprint density at radius 3 is 2.66 bits per heavy atom. The number of fused-ring (bicyclic) bond motifs is 1. The maximum atomic E-state index is 13.6. The van der Waals surface area contributed by atoms with Gasteiger partial charge in [0.15, 0.2) is 4.80 Å². The predicted octanol–water partition coefficient (Wildman–Crippen LogP) is 4.67. The van der Waals surface area contributed by atoms with Crippen molar-refractivity contribution in [1.82, 2.24) is 4.57 Å². The number of aromatic nitrogens is 1. The van der Waals surface area contributed by atoms with Crippen molar-refractivity contribution in [2.24, 2.45) is 10.9 Å². The molecule has 0 aliphatic carbocycles. The molecular weight excluding hydrogens is 480 g/mol. The van der Waals surface area contributed by atoms with Crippen LogP contribution in [-0.4, -0.2) is 23.8 Å². The minimum Gasteiger partial charge on any atom is -0.494 e. The molecule has 0 amide bonds. The van der Waals surface area contributed by atoms with E-state index >= 15 is 0 Å². The largest absolute Gasteiger partial charge is 0.494 e. The van der Waals surface area contributed by atoms with Gasteiger partial charge in [-0.1, -0.05) is 56.7 Å². The number of unbranched alkanes of at least 4 members (excludes halogenated alkanes) is 1. The van der Waals surface area contributed by atoms with E-state index in [-0.39, 0.29) is 11.5 Å². The summed E-state index contributed by atoms with van der Waals surface area (Å²) in [6, 6.07) is 10.9. The molecule has 3 aromatic rings. The van der Waals surface area contributed by atoms with Crippen molar-refractivity contribution >= 4 is 34.7 Å². The lowest BCUT2D eigenvalue weighted by Gasteiger charge is -2.25. The van der Waals surface area contributed by atoms with Crippen LogP contribution in [0.4, 0.5) is 0 Å². The van der Waals surface area contributed by atoms with Crippen molar-refractivity contribution in [2.45, 2.75) is 46.6 Å². The number of thiazole rings is 1. The van der Waals surface area contributed by atoms with Crippen LogP contribution in [0.2, 0.25) is 0 Å². The molecule has 1 aliphatic rings. The van der Waals surface area contributed by atoms with Gasteiger partial charge in [-0.25, -0.2) is 9.79 Å². The summed E-state index contributed by atoms with van der Waals surface area (Å²) in [6.07, 6.45) is 3.92. The molecule has 2 aromatic heterocycles. The predicted molar refractivity (Wildman–Crippen MR) is 141 cm³/mol. The molecule has 0 saturated heterocycles. The second kappa shape index (κ2) is 11.2. The smallest absolute Gasteiger partial charge is 0.338 e. The van der Waals surface area contributed by atoms with Gasteiger partial charge in [0.05, 0.1) is 35.1 Å². The van der Waals surface area contributed by atoms with E-state index < -0.39 is 12.0 Å². The molecule has 1 aliphatic heterocycles. The average Bonchev–Trinajstić information content (AvgIpc) is 3.45. The number of allylic oxidation sites excluding steroid dienone is 1. The third kappa shape index (κ3) is 5.65. The lowest BCUT2D eigenvalue weighted by molar-refractivity contribution is -0.140. The van der Waals surface area contributed by atoms with Crippen LogP contribution in [0.15, 0.2) is 62.8 Å². The summed E-state index contributed by atoms with van der Waals surface area (Å²) >= 11 is 2.90. The quantitative estimate of drug-likeness (QED) is 0.310. The third-order valence-electron chi connectivity index (χ3n) is 5.57. The van der Waals surface area contributed by atoms with Gasteiger partial charge in [0.25, 0.3) is 5.56 Å². The molecule has 4 rings (SSSR count). The number of ether oxygens (including phenoxy) is 2. The Morgan fingerprint density at radius 1 is 1.23 bits per heavy atom. The maximum absolute atomic E-state index is 13.6. The maximum Gasteiger partial charge on any atom is 0.338 e. The van der Waals surface area contributed by atoms with Crippen LogP contribution in [0.5, 0.6) is 5.75 Å². The molecule has 184 valence electrons. The molecule has 35 heavy (non-hydrogen) atoms. The lowest BCUT2D eigenvalue weighted by atomic mass is 9.96. The van der Waals surface area contributed by atoms with Crippen molar-refractivity contribution < 1.29 is 14.3 Å². The number of benzene rings is 1. The molecule has 0 bridgehead atoms. The van der Waals surface area contributed by atoms with Gasteiger partial charge in [-0.15, -0.1) is 11.3 Å². The number of esters is 1. The summed E-state index contributed by atoms with van der Waals surface area (Å²) in [7, 11) is 0. The van der Waals surface area contributed by atoms with E-state index in [0.29, 0.717) is 33.8 Å². The molecule has 0 N–H and O–H groups in total. The van der Waals surface area contributed by atoms with Gasteiger partial charge in [-0.05, 0) is 54.5 Å². The number of nitrogens with zero attached hydrogens (tertiary/aromatic N) is 2. The van der Waals surface area contributed by atoms with E-state index in [4.69, 9.17) is 9.47 Å². The van der Waals surface area contributed by atoms with Crippen LogP contribution < -0.4 is 19.6 Å². The molecule has 0 saturated carbocycles. The zero-order chi connectivity index (χ0) is 24.9. The highest BCUT2D eigenvalue weighted by Crippen LogP contribution is 2.31. The summed E-state index contributed by atoms with van der Waals surface area (Å²) in [5.74, 6) is 0.516. The Kier molecular flexibility index (Phi) is 8.03. The van der Waals surface area contributed by atoms with Gasteiger partial charge in [0, 0.05) is 4.88 Å². The van der Waals surface area contributed by atoms with Crippen LogP contribution in [0.3, 0.4) is 0 Å². The first-order valence-electron chi connectivity index (χ1n) is 11.8. The van der Waals surface area contributed by atoms with Gasteiger partial charge < -0.3 is 9.47 Å². The van der Waals surface area contributed by atoms with Crippen LogP contribution in [-0.2, 0) is 9.53 Å². The molecular formula is C27H30N2O4S2. The second-order valence-electron chi connectivity index (χ2n) is 8.86. The number of carbonyl (C=O) groups is 1. The second-order valence-corrected chi connectivity index (χ2v) is 10.8. The monoisotopic (exact) mass is 510 g/mol. The molecule has 0 spiro atoms.